The number of H-pyrrole nitrogens is 1. The van der Waals surface area contributed by atoms with Gasteiger partial charge in [-0.3, -0.25) is 14.5 Å². The quantitative estimate of drug-likeness (QED) is 0.870. The Hall–Kier alpha value is -2.44. The minimum Gasteiger partial charge on any atom is -0.392 e. The van der Waals surface area contributed by atoms with Gasteiger partial charge in [0, 0.05) is 38.4 Å². The van der Waals surface area contributed by atoms with Crippen LogP contribution in [0.3, 0.4) is 0 Å². The van der Waals surface area contributed by atoms with Crippen LogP contribution in [0.15, 0.2) is 35.1 Å². The van der Waals surface area contributed by atoms with E-state index in [0.717, 1.165) is 42.0 Å². The molecule has 1 aromatic heterocycles. The Morgan fingerprint density at radius 3 is 2.38 bits per heavy atom. The molecule has 0 atom stereocenters. The number of carbonyl (C=O) groups is 1. The molecular weight excluding hydrogens is 330 g/mol. The Morgan fingerprint density at radius 2 is 1.77 bits per heavy atom. The minimum absolute atomic E-state index is 0.0318. The summed E-state index contributed by atoms with van der Waals surface area (Å²) in [5, 5.41) is 9.46. The summed E-state index contributed by atoms with van der Waals surface area (Å²) in [6, 6.07) is 9.68. The third-order valence-corrected chi connectivity index (χ3v) is 4.92. The van der Waals surface area contributed by atoms with Crippen molar-refractivity contribution < 1.29 is 9.90 Å². The molecule has 1 aromatic carbocycles. The SMILES string of the molecule is Cc1cc(C)c(C(=O)N2CCN(Cc3ccccc3CO)CC2)c(=O)[nH]1. The molecule has 138 valence electrons. The summed E-state index contributed by atoms with van der Waals surface area (Å²) in [4.78, 5) is 31.7. The normalized spacial score (nSPS) is 15.3. The first-order valence-corrected chi connectivity index (χ1v) is 8.89. The highest BCUT2D eigenvalue weighted by Gasteiger charge is 2.25. The number of nitrogens with one attached hydrogen (secondary N) is 1. The molecule has 3 rings (SSSR count). The van der Waals surface area contributed by atoms with Gasteiger partial charge in [-0.15, -0.1) is 0 Å². The molecule has 0 aliphatic carbocycles. The molecule has 1 amide bonds. The molecule has 6 heteroatoms. The third-order valence-electron chi connectivity index (χ3n) is 4.92. The van der Waals surface area contributed by atoms with Crippen molar-refractivity contribution in [2.45, 2.75) is 27.0 Å². The first-order chi connectivity index (χ1) is 12.5. The maximum Gasteiger partial charge on any atom is 0.261 e. The molecule has 1 fully saturated rings. The third kappa shape index (κ3) is 3.86. The molecule has 0 radical (unpaired) electrons. The number of nitrogens with zero attached hydrogens (tertiary/aromatic N) is 2. The van der Waals surface area contributed by atoms with Gasteiger partial charge in [0.2, 0.25) is 0 Å². The topological polar surface area (TPSA) is 76.6 Å². The average Bonchev–Trinajstić information content (AvgIpc) is 2.62. The average molecular weight is 355 g/mol. The van der Waals surface area contributed by atoms with Gasteiger partial charge in [0.05, 0.1) is 6.61 Å². The summed E-state index contributed by atoms with van der Waals surface area (Å²) in [7, 11) is 0. The van der Waals surface area contributed by atoms with Gasteiger partial charge in [-0.25, -0.2) is 0 Å². The number of benzene rings is 1. The number of hydrogen-bond acceptors (Lipinski definition) is 4. The van der Waals surface area contributed by atoms with Gasteiger partial charge in [-0.2, -0.15) is 0 Å². The molecule has 1 aliphatic rings. The molecule has 1 aliphatic heterocycles. The van der Waals surface area contributed by atoms with Crippen LogP contribution in [0.25, 0.3) is 0 Å². The van der Waals surface area contributed by atoms with E-state index in [1.54, 1.807) is 11.8 Å². The number of hydrogen-bond donors (Lipinski definition) is 2. The number of aromatic amines is 1. The van der Waals surface area contributed by atoms with E-state index >= 15 is 0 Å². The highest BCUT2D eigenvalue weighted by molar-refractivity contribution is 5.95. The van der Waals surface area contributed by atoms with E-state index in [-0.39, 0.29) is 23.6 Å². The highest BCUT2D eigenvalue weighted by Crippen LogP contribution is 2.15. The lowest BCUT2D eigenvalue weighted by molar-refractivity contribution is 0.0625. The lowest BCUT2D eigenvalue weighted by Crippen LogP contribution is -2.49. The van der Waals surface area contributed by atoms with Crippen molar-refractivity contribution >= 4 is 5.91 Å². The maximum atomic E-state index is 12.8. The van der Waals surface area contributed by atoms with Crippen LogP contribution < -0.4 is 5.56 Å². The fourth-order valence-electron chi connectivity index (χ4n) is 3.49. The van der Waals surface area contributed by atoms with Crippen molar-refractivity contribution in [3.8, 4) is 0 Å². The van der Waals surface area contributed by atoms with Crippen molar-refractivity contribution in [2.75, 3.05) is 26.2 Å². The molecule has 6 nitrogen and oxygen atoms in total. The molecule has 0 bridgehead atoms. The fourth-order valence-corrected chi connectivity index (χ4v) is 3.49. The number of pyridine rings is 1. The van der Waals surface area contributed by atoms with Crippen molar-refractivity contribution in [3.05, 3.63) is 68.6 Å². The standard InChI is InChI=1S/C20H25N3O3/c1-14-11-15(2)21-19(25)18(14)20(26)23-9-7-22(8-10-23)12-16-5-3-4-6-17(16)13-24/h3-6,11,24H,7-10,12-13H2,1-2H3,(H,21,25). The molecule has 2 aromatic rings. The van der Waals surface area contributed by atoms with Crippen molar-refractivity contribution in [1.82, 2.24) is 14.8 Å². The van der Waals surface area contributed by atoms with Crippen LogP contribution in [0.2, 0.25) is 0 Å². The first-order valence-electron chi connectivity index (χ1n) is 8.89. The summed E-state index contributed by atoms with van der Waals surface area (Å²) in [6.45, 7) is 7.07. The highest BCUT2D eigenvalue weighted by atomic mass is 16.3. The number of aromatic nitrogens is 1. The van der Waals surface area contributed by atoms with Crippen molar-refractivity contribution in [3.63, 3.8) is 0 Å². The van der Waals surface area contributed by atoms with Gasteiger partial charge >= 0.3 is 0 Å². The van der Waals surface area contributed by atoms with Gasteiger partial charge in [0.1, 0.15) is 5.56 Å². The number of amides is 1. The van der Waals surface area contributed by atoms with Gasteiger partial charge in [0.25, 0.3) is 11.5 Å². The van der Waals surface area contributed by atoms with Gasteiger partial charge in [-0.1, -0.05) is 24.3 Å². The van der Waals surface area contributed by atoms with Crippen LogP contribution in [0.1, 0.15) is 32.7 Å². The largest absolute Gasteiger partial charge is 0.392 e. The summed E-state index contributed by atoms with van der Waals surface area (Å²) in [6.07, 6.45) is 0. The predicted molar refractivity (Wildman–Crippen MR) is 100 cm³/mol. The Bertz CT molecular complexity index is 852. The Labute approximate surface area is 153 Å². The number of carbonyl (C=O) groups excluding carboxylic acids is 1. The zero-order valence-electron chi connectivity index (χ0n) is 15.3. The number of rotatable bonds is 4. The molecule has 0 saturated carbocycles. The van der Waals surface area contributed by atoms with Crippen LogP contribution in [0.4, 0.5) is 0 Å². The molecule has 2 heterocycles. The zero-order chi connectivity index (χ0) is 18.7. The summed E-state index contributed by atoms with van der Waals surface area (Å²) >= 11 is 0. The van der Waals surface area contributed by atoms with Crippen LogP contribution in [-0.4, -0.2) is 52.0 Å². The second kappa shape index (κ2) is 7.85. The van der Waals surface area contributed by atoms with Crippen LogP contribution in [0.5, 0.6) is 0 Å². The Morgan fingerprint density at radius 1 is 1.12 bits per heavy atom. The number of aryl methyl sites for hydroxylation is 2. The Kier molecular flexibility index (Phi) is 5.54. The fraction of sp³-hybridized carbons (Fsp3) is 0.400. The monoisotopic (exact) mass is 355 g/mol. The van der Waals surface area contributed by atoms with Gasteiger partial charge < -0.3 is 15.0 Å². The smallest absolute Gasteiger partial charge is 0.261 e. The van der Waals surface area contributed by atoms with Crippen molar-refractivity contribution in [1.29, 1.82) is 0 Å². The number of piperazine rings is 1. The number of aliphatic hydroxyl groups excluding tert-OH is 1. The van der Waals surface area contributed by atoms with E-state index in [1.807, 2.05) is 37.3 Å². The maximum absolute atomic E-state index is 12.8. The molecule has 1 saturated heterocycles. The molecule has 26 heavy (non-hydrogen) atoms. The van der Waals surface area contributed by atoms with E-state index in [0.29, 0.717) is 13.1 Å². The van der Waals surface area contributed by atoms with E-state index in [9.17, 15) is 14.7 Å². The van der Waals surface area contributed by atoms with Gasteiger partial charge in [0.15, 0.2) is 0 Å². The van der Waals surface area contributed by atoms with Crippen molar-refractivity contribution in [2.24, 2.45) is 0 Å². The molecular formula is C20H25N3O3. The Balaban J connectivity index is 1.65. The number of aliphatic hydroxyl groups is 1. The van der Waals surface area contributed by atoms with Crippen LogP contribution >= 0.6 is 0 Å². The molecule has 2 N–H and O–H groups in total. The van der Waals surface area contributed by atoms with Crippen LogP contribution in [-0.2, 0) is 13.2 Å². The van der Waals surface area contributed by atoms with E-state index in [4.69, 9.17) is 0 Å². The summed E-state index contributed by atoms with van der Waals surface area (Å²) < 4.78 is 0. The van der Waals surface area contributed by atoms with Gasteiger partial charge in [-0.05, 0) is 36.6 Å². The van der Waals surface area contributed by atoms with E-state index < -0.39 is 0 Å². The summed E-state index contributed by atoms with van der Waals surface area (Å²) in [5.74, 6) is -0.195. The zero-order valence-corrected chi connectivity index (χ0v) is 15.3. The van der Waals surface area contributed by atoms with E-state index in [1.165, 1.54) is 0 Å². The van der Waals surface area contributed by atoms with E-state index in [2.05, 4.69) is 9.88 Å². The van der Waals surface area contributed by atoms with Crippen LogP contribution in [0, 0.1) is 13.8 Å². The molecule has 0 unspecified atom stereocenters. The second-order valence-electron chi connectivity index (χ2n) is 6.83. The lowest BCUT2D eigenvalue weighted by atomic mass is 10.1. The second-order valence-corrected chi connectivity index (χ2v) is 6.83. The molecule has 0 spiro atoms. The lowest BCUT2D eigenvalue weighted by Gasteiger charge is -2.35. The predicted octanol–water partition coefficient (Wildman–Crippen LogP) is 1.44. The first kappa shape index (κ1) is 18.4. The minimum atomic E-state index is -0.313. The summed E-state index contributed by atoms with van der Waals surface area (Å²) in [5.41, 5.74) is 3.46.